The van der Waals surface area contributed by atoms with Crippen molar-refractivity contribution in [2.24, 2.45) is 0 Å². The summed E-state index contributed by atoms with van der Waals surface area (Å²) in [6.07, 6.45) is 2.20. The van der Waals surface area contributed by atoms with Crippen molar-refractivity contribution in [2.75, 3.05) is 12.3 Å². The number of nitrogens with two attached hydrogens (primary N) is 1. The van der Waals surface area contributed by atoms with Crippen LogP contribution in [-0.4, -0.2) is 24.9 Å². The number of nitrogen functional groups attached to an aromatic ring is 1. The van der Waals surface area contributed by atoms with Gasteiger partial charge in [0.25, 0.3) is 0 Å². The summed E-state index contributed by atoms with van der Waals surface area (Å²) in [5.74, 6) is 0.416. The third kappa shape index (κ3) is 4.21. The van der Waals surface area contributed by atoms with Crippen molar-refractivity contribution >= 4 is 38.8 Å². The van der Waals surface area contributed by atoms with Gasteiger partial charge in [0.05, 0.1) is 16.2 Å². The Balaban J connectivity index is 1.75. The first-order valence-corrected chi connectivity index (χ1v) is 10.5. The van der Waals surface area contributed by atoms with E-state index < -0.39 is 10.0 Å². The van der Waals surface area contributed by atoms with Gasteiger partial charge in [0.2, 0.25) is 10.0 Å². The van der Waals surface area contributed by atoms with E-state index in [0.29, 0.717) is 12.2 Å². The molecule has 26 heavy (non-hydrogen) atoms. The molecule has 2 heterocycles. The number of thiazole rings is 1. The Hall–Kier alpha value is -2.00. The molecule has 0 saturated carbocycles. The van der Waals surface area contributed by atoms with Crippen LogP contribution in [0.2, 0.25) is 5.02 Å². The van der Waals surface area contributed by atoms with Crippen LogP contribution in [0.25, 0.3) is 11.1 Å². The predicted octanol–water partition coefficient (Wildman–Crippen LogP) is 3.27. The van der Waals surface area contributed by atoms with Gasteiger partial charge in [-0.1, -0.05) is 17.7 Å². The number of pyridine rings is 1. The maximum atomic E-state index is 12.5. The van der Waals surface area contributed by atoms with Crippen molar-refractivity contribution in [3.63, 3.8) is 0 Å². The summed E-state index contributed by atoms with van der Waals surface area (Å²) in [5, 5.41) is 0.154. The van der Waals surface area contributed by atoms with Crippen LogP contribution < -0.4 is 10.5 Å². The van der Waals surface area contributed by atoms with E-state index in [0.717, 1.165) is 21.7 Å². The highest BCUT2D eigenvalue weighted by Gasteiger charge is 2.18. The van der Waals surface area contributed by atoms with E-state index >= 15 is 0 Å². The van der Waals surface area contributed by atoms with Crippen LogP contribution in [0, 0.1) is 6.92 Å². The van der Waals surface area contributed by atoms with Crippen molar-refractivity contribution in [1.82, 2.24) is 14.7 Å². The lowest BCUT2D eigenvalue weighted by molar-refractivity contribution is 0.582. The molecule has 0 amide bonds. The minimum atomic E-state index is -3.70. The van der Waals surface area contributed by atoms with Gasteiger partial charge >= 0.3 is 0 Å². The zero-order valence-electron chi connectivity index (χ0n) is 13.9. The molecule has 6 nitrogen and oxygen atoms in total. The average molecular weight is 409 g/mol. The molecule has 0 unspecified atom stereocenters. The molecule has 0 radical (unpaired) electrons. The van der Waals surface area contributed by atoms with Gasteiger partial charge in [-0.2, -0.15) is 0 Å². The molecule has 3 aromatic rings. The number of rotatable bonds is 6. The van der Waals surface area contributed by atoms with E-state index in [2.05, 4.69) is 14.7 Å². The van der Waals surface area contributed by atoms with Crippen LogP contribution in [0.1, 0.15) is 10.6 Å². The number of nitrogens with one attached hydrogen (secondary N) is 1. The molecule has 0 aliphatic carbocycles. The first-order valence-electron chi connectivity index (χ1n) is 7.77. The minimum Gasteiger partial charge on any atom is -0.384 e. The maximum Gasteiger partial charge on any atom is 0.242 e. The van der Waals surface area contributed by atoms with Crippen molar-refractivity contribution in [2.45, 2.75) is 18.2 Å². The second-order valence-corrected chi connectivity index (χ2v) is 8.71. The highest BCUT2D eigenvalue weighted by Crippen LogP contribution is 2.28. The van der Waals surface area contributed by atoms with Gasteiger partial charge in [-0.25, -0.2) is 23.1 Å². The van der Waals surface area contributed by atoms with Gasteiger partial charge in [0.15, 0.2) is 0 Å². The first-order chi connectivity index (χ1) is 12.4. The van der Waals surface area contributed by atoms with Gasteiger partial charge in [0, 0.05) is 23.2 Å². The van der Waals surface area contributed by atoms with E-state index in [9.17, 15) is 8.42 Å². The Morgan fingerprint density at radius 1 is 1.19 bits per heavy atom. The van der Waals surface area contributed by atoms with Gasteiger partial charge in [-0.05, 0) is 43.2 Å². The summed E-state index contributed by atoms with van der Waals surface area (Å²) in [6.45, 7) is 2.19. The van der Waals surface area contributed by atoms with Gasteiger partial charge in [-0.15, -0.1) is 11.3 Å². The summed E-state index contributed by atoms with van der Waals surface area (Å²) in [6, 6.07) is 8.28. The van der Waals surface area contributed by atoms with E-state index in [1.165, 1.54) is 17.4 Å². The lowest BCUT2D eigenvalue weighted by atomic mass is 10.1. The molecule has 0 saturated heterocycles. The van der Waals surface area contributed by atoms with Crippen LogP contribution in [0.5, 0.6) is 0 Å². The molecule has 9 heteroatoms. The number of nitrogens with zero attached hydrogens (tertiary/aromatic N) is 2. The fourth-order valence-corrected chi connectivity index (χ4v) is 4.77. The fraction of sp³-hybridized carbons (Fsp3) is 0.176. The van der Waals surface area contributed by atoms with E-state index in [-0.39, 0.29) is 16.5 Å². The van der Waals surface area contributed by atoms with E-state index in [1.54, 1.807) is 36.0 Å². The Morgan fingerprint density at radius 3 is 2.58 bits per heavy atom. The maximum absolute atomic E-state index is 12.5. The van der Waals surface area contributed by atoms with Crippen LogP contribution in [-0.2, 0) is 16.4 Å². The largest absolute Gasteiger partial charge is 0.384 e. The Morgan fingerprint density at radius 2 is 1.96 bits per heavy atom. The van der Waals surface area contributed by atoms with Gasteiger partial charge < -0.3 is 5.73 Å². The summed E-state index contributed by atoms with van der Waals surface area (Å²) < 4.78 is 27.6. The van der Waals surface area contributed by atoms with Crippen molar-refractivity contribution < 1.29 is 8.42 Å². The summed E-state index contributed by atoms with van der Waals surface area (Å²) in [5.41, 5.74) is 9.82. The second-order valence-electron chi connectivity index (χ2n) is 5.63. The fourth-order valence-electron chi connectivity index (χ4n) is 2.42. The quantitative estimate of drug-likeness (QED) is 0.652. The number of aryl methyl sites for hydroxylation is 1. The Bertz CT molecular complexity index is 1020. The molecule has 0 atom stereocenters. The third-order valence-electron chi connectivity index (χ3n) is 3.83. The first kappa shape index (κ1) is 18.8. The van der Waals surface area contributed by atoms with Crippen molar-refractivity contribution in [1.29, 1.82) is 0 Å². The number of hydrogen-bond acceptors (Lipinski definition) is 6. The molecule has 0 aliphatic rings. The molecule has 1 aromatic carbocycles. The number of anilines is 1. The molecule has 3 N–H and O–H groups in total. The van der Waals surface area contributed by atoms with E-state index in [4.69, 9.17) is 17.3 Å². The molecular formula is C17H17ClN4O2S2. The molecule has 2 aromatic heterocycles. The summed E-state index contributed by atoms with van der Waals surface area (Å²) >= 11 is 7.74. The summed E-state index contributed by atoms with van der Waals surface area (Å²) in [7, 11) is -3.70. The topological polar surface area (TPSA) is 98.0 Å². The zero-order chi connectivity index (χ0) is 18.7. The molecule has 0 bridgehead atoms. The Labute approximate surface area is 161 Å². The number of aromatic nitrogens is 2. The zero-order valence-corrected chi connectivity index (χ0v) is 16.3. The number of halogens is 1. The SMILES string of the molecule is Cc1ncsc1CCNS(=O)(=O)c1ccc(-c2ccc(N)nc2)cc1Cl. The number of hydrogen-bond donors (Lipinski definition) is 2. The standard InChI is InChI=1S/C17H17ClN4O2S2/c1-11-15(25-10-21-11)6-7-22-26(23,24)16-4-2-12(8-14(16)18)13-3-5-17(19)20-9-13/h2-5,8-10,22H,6-7H2,1H3,(H2,19,20). The van der Waals surface area contributed by atoms with Crippen LogP contribution in [0.3, 0.4) is 0 Å². The normalized spacial score (nSPS) is 11.6. The van der Waals surface area contributed by atoms with Crippen LogP contribution >= 0.6 is 22.9 Å². The Kier molecular flexibility index (Phi) is 5.57. The smallest absolute Gasteiger partial charge is 0.242 e. The van der Waals surface area contributed by atoms with Gasteiger partial charge in [0.1, 0.15) is 10.7 Å². The highest BCUT2D eigenvalue weighted by atomic mass is 35.5. The molecular weight excluding hydrogens is 392 g/mol. The molecule has 3 rings (SSSR count). The average Bonchev–Trinajstić information content (AvgIpc) is 3.00. The van der Waals surface area contributed by atoms with Crippen LogP contribution in [0.4, 0.5) is 5.82 Å². The predicted molar refractivity (Wildman–Crippen MR) is 105 cm³/mol. The van der Waals surface area contributed by atoms with Gasteiger partial charge in [-0.3, -0.25) is 0 Å². The number of sulfonamides is 1. The van der Waals surface area contributed by atoms with E-state index in [1.807, 2.05) is 6.92 Å². The highest BCUT2D eigenvalue weighted by molar-refractivity contribution is 7.89. The molecule has 0 fully saturated rings. The molecule has 0 spiro atoms. The van der Waals surface area contributed by atoms with Crippen molar-refractivity contribution in [3.05, 3.63) is 57.6 Å². The molecule has 0 aliphatic heterocycles. The lowest BCUT2D eigenvalue weighted by Crippen LogP contribution is -2.26. The summed E-state index contributed by atoms with van der Waals surface area (Å²) in [4.78, 5) is 9.29. The monoisotopic (exact) mass is 408 g/mol. The third-order valence-corrected chi connectivity index (χ3v) is 6.77. The van der Waals surface area contributed by atoms with Crippen LogP contribution in [0.15, 0.2) is 46.9 Å². The number of benzene rings is 1. The van der Waals surface area contributed by atoms with Crippen molar-refractivity contribution in [3.8, 4) is 11.1 Å². The lowest BCUT2D eigenvalue weighted by Gasteiger charge is -2.10. The molecule has 136 valence electrons. The second kappa shape index (κ2) is 7.71. The minimum absolute atomic E-state index is 0.0485.